The molecule has 0 saturated carbocycles. The number of rotatable bonds is 4. The fourth-order valence-electron chi connectivity index (χ4n) is 2.30. The molecule has 21 heavy (non-hydrogen) atoms. The summed E-state index contributed by atoms with van der Waals surface area (Å²) in [6.45, 7) is 1.09. The van der Waals surface area contributed by atoms with E-state index in [1.165, 1.54) is 25.3 Å². The van der Waals surface area contributed by atoms with Crippen molar-refractivity contribution in [3.05, 3.63) is 23.8 Å². The lowest BCUT2D eigenvalue weighted by atomic mass is 10.1. The maximum absolute atomic E-state index is 12.5. The second kappa shape index (κ2) is 6.71. The van der Waals surface area contributed by atoms with Gasteiger partial charge in [0, 0.05) is 31.2 Å². The molecule has 0 radical (unpaired) electrons. The van der Waals surface area contributed by atoms with Crippen molar-refractivity contribution in [1.82, 2.24) is 10.2 Å². The average molecular weight is 300 g/mol. The van der Waals surface area contributed by atoms with E-state index in [2.05, 4.69) is 10.1 Å². The number of piperazine rings is 1. The molecule has 0 aliphatic carbocycles. The number of nitrogens with zero attached hydrogens (tertiary/aromatic N) is 1. The van der Waals surface area contributed by atoms with E-state index in [9.17, 15) is 13.6 Å². The van der Waals surface area contributed by atoms with Gasteiger partial charge in [0.25, 0.3) is 5.91 Å². The molecule has 0 aromatic heterocycles. The van der Waals surface area contributed by atoms with Crippen LogP contribution in [-0.4, -0.2) is 50.2 Å². The van der Waals surface area contributed by atoms with Gasteiger partial charge in [0.15, 0.2) is 11.5 Å². The van der Waals surface area contributed by atoms with E-state index >= 15 is 0 Å². The minimum Gasteiger partial charge on any atom is -0.493 e. The zero-order chi connectivity index (χ0) is 15.4. The van der Waals surface area contributed by atoms with Crippen molar-refractivity contribution < 1.29 is 23.0 Å². The molecule has 1 atom stereocenters. The Kier molecular flexibility index (Phi) is 4.95. The van der Waals surface area contributed by atoms with Crippen LogP contribution in [0.2, 0.25) is 0 Å². The fraction of sp³-hybridized carbons (Fsp3) is 0.500. The van der Waals surface area contributed by atoms with Crippen LogP contribution in [0.5, 0.6) is 11.5 Å². The first-order chi connectivity index (χ1) is 10.0. The molecule has 1 aliphatic heterocycles. The SMILES string of the molecule is COc1cc(C(=O)N2CCNCC2C)ccc1OC(F)F. The molecule has 5 nitrogen and oxygen atoms in total. The average Bonchev–Trinajstić information content (AvgIpc) is 2.47. The molecular formula is C14H18F2N2O3. The number of hydrogen-bond acceptors (Lipinski definition) is 4. The maximum Gasteiger partial charge on any atom is 0.387 e. The molecular weight excluding hydrogens is 282 g/mol. The first-order valence-corrected chi connectivity index (χ1v) is 6.67. The fourth-order valence-corrected chi connectivity index (χ4v) is 2.30. The number of hydrogen-bond donors (Lipinski definition) is 1. The zero-order valence-corrected chi connectivity index (χ0v) is 11.9. The third kappa shape index (κ3) is 3.60. The largest absolute Gasteiger partial charge is 0.493 e. The van der Waals surface area contributed by atoms with Gasteiger partial charge in [-0.05, 0) is 25.1 Å². The molecule has 1 amide bonds. The second-order valence-corrected chi connectivity index (χ2v) is 4.80. The zero-order valence-electron chi connectivity index (χ0n) is 11.9. The number of carbonyl (C=O) groups is 1. The predicted molar refractivity (Wildman–Crippen MR) is 73.0 cm³/mol. The van der Waals surface area contributed by atoms with Gasteiger partial charge in [-0.2, -0.15) is 8.78 Å². The lowest BCUT2D eigenvalue weighted by Crippen LogP contribution is -2.52. The highest BCUT2D eigenvalue weighted by molar-refractivity contribution is 5.95. The normalized spacial score (nSPS) is 18.7. The summed E-state index contributed by atoms with van der Waals surface area (Å²) in [5.41, 5.74) is 0.391. The number of nitrogens with one attached hydrogen (secondary N) is 1. The van der Waals surface area contributed by atoms with Crippen molar-refractivity contribution >= 4 is 5.91 Å². The second-order valence-electron chi connectivity index (χ2n) is 4.80. The van der Waals surface area contributed by atoms with Crippen LogP contribution in [0.4, 0.5) is 8.78 Å². The minimum atomic E-state index is -2.94. The topological polar surface area (TPSA) is 50.8 Å². The van der Waals surface area contributed by atoms with Crippen LogP contribution in [0.15, 0.2) is 18.2 Å². The Morgan fingerprint density at radius 2 is 2.19 bits per heavy atom. The van der Waals surface area contributed by atoms with Crippen molar-refractivity contribution in [1.29, 1.82) is 0 Å². The number of alkyl halides is 2. The molecule has 1 N–H and O–H groups in total. The van der Waals surface area contributed by atoms with Crippen LogP contribution in [0.25, 0.3) is 0 Å². The van der Waals surface area contributed by atoms with E-state index in [-0.39, 0.29) is 23.4 Å². The highest BCUT2D eigenvalue weighted by Crippen LogP contribution is 2.30. The first-order valence-electron chi connectivity index (χ1n) is 6.67. The summed E-state index contributed by atoms with van der Waals surface area (Å²) in [6.07, 6.45) is 0. The Labute approximate surface area is 121 Å². The van der Waals surface area contributed by atoms with Gasteiger partial charge in [-0.3, -0.25) is 4.79 Å². The molecule has 1 fully saturated rings. The predicted octanol–water partition coefficient (Wildman–Crippen LogP) is 1.73. The Morgan fingerprint density at radius 3 is 2.81 bits per heavy atom. The van der Waals surface area contributed by atoms with Crippen LogP contribution >= 0.6 is 0 Å². The van der Waals surface area contributed by atoms with Crippen LogP contribution in [0, 0.1) is 0 Å². The molecule has 2 rings (SSSR count). The Morgan fingerprint density at radius 1 is 1.43 bits per heavy atom. The molecule has 1 saturated heterocycles. The highest BCUT2D eigenvalue weighted by Gasteiger charge is 2.25. The van der Waals surface area contributed by atoms with E-state index in [1.807, 2.05) is 6.92 Å². The third-order valence-corrected chi connectivity index (χ3v) is 3.39. The van der Waals surface area contributed by atoms with Gasteiger partial charge < -0.3 is 19.7 Å². The Hall–Kier alpha value is -1.89. The number of ether oxygens (including phenoxy) is 2. The first kappa shape index (κ1) is 15.5. The number of halogens is 2. The van der Waals surface area contributed by atoms with Crippen molar-refractivity contribution in [2.75, 3.05) is 26.7 Å². The van der Waals surface area contributed by atoms with E-state index < -0.39 is 6.61 Å². The van der Waals surface area contributed by atoms with Crippen molar-refractivity contribution in [3.8, 4) is 11.5 Å². The van der Waals surface area contributed by atoms with E-state index in [0.29, 0.717) is 12.1 Å². The summed E-state index contributed by atoms with van der Waals surface area (Å²) in [5, 5.41) is 3.20. The number of methoxy groups -OCH3 is 1. The van der Waals surface area contributed by atoms with Crippen molar-refractivity contribution in [2.45, 2.75) is 19.6 Å². The summed E-state index contributed by atoms with van der Waals surface area (Å²) in [6, 6.07) is 4.30. The summed E-state index contributed by atoms with van der Waals surface area (Å²) < 4.78 is 33.9. The monoisotopic (exact) mass is 300 g/mol. The van der Waals surface area contributed by atoms with Crippen molar-refractivity contribution in [2.24, 2.45) is 0 Å². The number of benzene rings is 1. The summed E-state index contributed by atoms with van der Waals surface area (Å²) in [4.78, 5) is 14.2. The van der Waals surface area contributed by atoms with Gasteiger partial charge in [-0.25, -0.2) is 0 Å². The molecule has 0 bridgehead atoms. The summed E-state index contributed by atoms with van der Waals surface area (Å²) in [7, 11) is 1.34. The highest BCUT2D eigenvalue weighted by atomic mass is 19.3. The number of carbonyl (C=O) groups excluding carboxylic acids is 1. The lowest BCUT2D eigenvalue weighted by molar-refractivity contribution is -0.0512. The van der Waals surface area contributed by atoms with Gasteiger partial charge in [0.05, 0.1) is 7.11 Å². The van der Waals surface area contributed by atoms with Crippen molar-refractivity contribution in [3.63, 3.8) is 0 Å². The molecule has 1 aliphatic rings. The molecule has 7 heteroatoms. The van der Waals surface area contributed by atoms with Crippen LogP contribution < -0.4 is 14.8 Å². The van der Waals surface area contributed by atoms with Crippen LogP contribution in [0.3, 0.4) is 0 Å². The quantitative estimate of drug-likeness (QED) is 0.920. The Bertz CT molecular complexity index is 511. The molecule has 116 valence electrons. The molecule has 1 heterocycles. The minimum absolute atomic E-state index is 0.0780. The smallest absolute Gasteiger partial charge is 0.387 e. The van der Waals surface area contributed by atoms with Gasteiger partial charge in [-0.1, -0.05) is 0 Å². The van der Waals surface area contributed by atoms with Crippen LogP contribution in [0.1, 0.15) is 17.3 Å². The summed E-state index contributed by atoms with van der Waals surface area (Å²) in [5.74, 6) is -0.118. The van der Waals surface area contributed by atoms with E-state index in [1.54, 1.807) is 4.90 Å². The van der Waals surface area contributed by atoms with Gasteiger partial charge in [-0.15, -0.1) is 0 Å². The van der Waals surface area contributed by atoms with Gasteiger partial charge >= 0.3 is 6.61 Å². The lowest BCUT2D eigenvalue weighted by Gasteiger charge is -2.34. The van der Waals surface area contributed by atoms with E-state index in [4.69, 9.17) is 4.74 Å². The maximum atomic E-state index is 12.5. The molecule has 1 aromatic rings. The molecule has 0 spiro atoms. The standard InChI is InChI=1S/C14H18F2N2O3/c1-9-8-17-5-6-18(9)13(19)10-3-4-11(21-14(15)16)12(7-10)20-2/h3-4,7,9,14,17H,5-6,8H2,1-2H3. The molecule has 1 unspecified atom stereocenters. The third-order valence-electron chi connectivity index (χ3n) is 3.39. The van der Waals surface area contributed by atoms with Crippen LogP contribution in [-0.2, 0) is 0 Å². The Balaban J connectivity index is 2.21. The molecule has 1 aromatic carbocycles. The van der Waals surface area contributed by atoms with Gasteiger partial charge in [0.2, 0.25) is 0 Å². The van der Waals surface area contributed by atoms with Gasteiger partial charge in [0.1, 0.15) is 0 Å². The summed E-state index contributed by atoms with van der Waals surface area (Å²) >= 11 is 0. The number of amides is 1. The van der Waals surface area contributed by atoms with E-state index in [0.717, 1.165) is 13.1 Å².